The topological polar surface area (TPSA) is 166 Å². The van der Waals surface area contributed by atoms with Gasteiger partial charge in [-0.2, -0.15) is 0 Å². The molecule has 10 heteroatoms. The summed E-state index contributed by atoms with van der Waals surface area (Å²) >= 11 is 0. The molecule has 16 atom stereocenters. The van der Waals surface area contributed by atoms with Crippen molar-refractivity contribution in [1.29, 1.82) is 0 Å². The van der Waals surface area contributed by atoms with Crippen LogP contribution in [0.15, 0.2) is 11.6 Å². The molecule has 0 radical (unpaired) electrons. The second kappa shape index (κ2) is 12.5. The van der Waals surface area contributed by atoms with E-state index in [2.05, 4.69) is 40.7 Å². The third-order valence-corrected chi connectivity index (χ3v) is 15.4. The van der Waals surface area contributed by atoms with Crippen LogP contribution in [0.3, 0.4) is 0 Å². The molecule has 2 spiro atoms. The molecule has 5 saturated carbocycles. The van der Waals surface area contributed by atoms with E-state index in [9.17, 15) is 35.4 Å². The molecular formula is C38H62O10. The van der Waals surface area contributed by atoms with Crippen molar-refractivity contribution in [3.8, 4) is 0 Å². The van der Waals surface area contributed by atoms with Crippen LogP contribution in [0.5, 0.6) is 0 Å². The quantitative estimate of drug-likeness (QED) is 0.121. The molecule has 48 heavy (non-hydrogen) atoms. The molecule has 0 aromatic rings. The van der Waals surface area contributed by atoms with Gasteiger partial charge < -0.3 is 44.8 Å². The fraction of sp³-hybridized carbons (Fsp3) is 0.921. The lowest BCUT2D eigenvalue weighted by Gasteiger charge is -2.64. The van der Waals surface area contributed by atoms with Crippen molar-refractivity contribution in [1.82, 2.24) is 0 Å². The maximum Gasteiger partial charge on any atom is 0.302 e. The van der Waals surface area contributed by atoms with Crippen LogP contribution in [0.1, 0.15) is 106 Å². The SMILES string of the molecule is CC(=O)OC[C@H]1O[C@@H](O[C@H]2CC[C@]34C[C@]35CC[C@]3(C)[C@@H]([C@H](C)CC/C=C(\C)CO)[C@@H](O)C[C@@]3(C)[C@@H]5C[C@H](O)[C@H]4C2(C)C)[C@H](O)[C@@H](O)[C@@H]1O. The van der Waals surface area contributed by atoms with Crippen LogP contribution >= 0.6 is 0 Å². The molecule has 0 aromatic carbocycles. The molecule has 1 heterocycles. The minimum Gasteiger partial charge on any atom is -0.463 e. The van der Waals surface area contributed by atoms with Crippen LogP contribution in [0.25, 0.3) is 0 Å². The number of carbonyl (C=O) groups excluding carboxylic acids is 1. The summed E-state index contributed by atoms with van der Waals surface area (Å²) in [6.07, 6.45) is 2.27. The summed E-state index contributed by atoms with van der Waals surface area (Å²) < 4.78 is 17.4. The molecule has 10 nitrogen and oxygen atoms in total. The normalized spacial score (nSPS) is 51.6. The molecule has 6 rings (SSSR count). The zero-order valence-corrected chi connectivity index (χ0v) is 30.1. The summed E-state index contributed by atoms with van der Waals surface area (Å²) in [5, 5.41) is 65.3. The average Bonchev–Trinajstić information content (AvgIpc) is 3.60. The smallest absolute Gasteiger partial charge is 0.302 e. The Hall–Kier alpha value is -1.11. The van der Waals surface area contributed by atoms with Gasteiger partial charge in [-0.15, -0.1) is 0 Å². The van der Waals surface area contributed by atoms with Gasteiger partial charge in [0.15, 0.2) is 6.29 Å². The lowest BCUT2D eigenvalue weighted by Crippen LogP contribution is -2.64. The zero-order chi connectivity index (χ0) is 35.2. The maximum atomic E-state index is 12.2. The first kappa shape index (κ1) is 36.7. The van der Waals surface area contributed by atoms with Gasteiger partial charge in [0.05, 0.1) is 24.9 Å². The molecule has 0 unspecified atom stereocenters. The predicted octanol–water partition coefficient (Wildman–Crippen LogP) is 3.48. The number of ether oxygens (including phenoxy) is 3. The number of rotatable bonds is 9. The van der Waals surface area contributed by atoms with Crippen molar-refractivity contribution < 1.29 is 49.6 Å². The number of aliphatic hydroxyl groups is 6. The lowest BCUT2D eigenvalue weighted by atomic mass is 9.41. The summed E-state index contributed by atoms with van der Waals surface area (Å²) in [6, 6.07) is 0. The maximum absolute atomic E-state index is 12.2. The monoisotopic (exact) mass is 678 g/mol. The highest BCUT2D eigenvalue weighted by Crippen LogP contribution is 2.89. The molecule has 274 valence electrons. The first-order valence-corrected chi connectivity index (χ1v) is 18.5. The van der Waals surface area contributed by atoms with Crippen molar-refractivity contribution in [3.05, 3.63) is 11.6 Å². The second-order valence-electron chi connectivity index (χ2n) is 18.0. The van der Waals surface area contributed by atoms with E-state index in [0.717, 1.165) is 50.5 Å². The lowest BCUT2D eigenvalue weighted by molar-refractivity contribution is -0.329. The van der Waals surface area contributed by atoms with E-state index < -0.39 is 48.2 Å². The van der Waals surface area contributed by atoms with E-state index >= 15 is 0 Å². The van der Waals surface area contributed by atoms with E-state index in [0.29, 0.717) is 24.7 Å². The van der Waals surface area contributed by atoms with Crippen LogP contribution in [-0.2, 0) is 19.0 Å². The molecule has 6 N–H and O–H groups in total. The Kier molecular flexibility index (Phi) is 9.58. The second-order valence-corrected chi connectivity index (χ2v) is 18.0. The standard InChI is InChI=1S/C38H62O10/c1-20(17-39)9-8-10-21(2)28-24(42)16-36(7)26-15-23(41)32-34(4,5)27(11-12-38(32)19-37(26,38)14-13-35(28,36)6)48-33-31(45)30(44)29(43)25(47-33)18-46-22(3)40/h9,21,23-33,39,41-45H,8,10-19H2,1-7H3/b20-9+/t21-,23+,24+,25-,26+,27+,28+,29-,30+,31-,32+,33+,35-,36+,37+,38-/m1/s1. The van der Waals surface area contributed by atoms with Gasteiger partial charge in [0.1, 0.15) is 31.0 Å². The minimum atomic E-state index is -1.53. The number of aliphatic hydroxyl groups excluding tert-OH is 6. The fourth-order valence-electron chi connectivity index (χ4n) is 13.1. The van der Waals surface area contributed by atoms with Gasteiger partial charge in [0.25, 0.3) is 0 Å². The Labute approximate surface area is 286 Å². The van der Waals surface area contributed by atoms with Gasteiger partial charge in [-0.1, -0.05) is 46.3 Å². The Bertz CT molecular complexity index is 1250. The van der Waals surface area contributed by atoms with Crippen LogP contribution < -0.4 is 0 Å². The third-order valence-electron chi connectivity index (χ3n) is 15.4. The van der Waals surface area contributed by atoms with Crippen molar-refractivity contribution in [3.63, 3.8) is 0 Å². The zero-order valence-electron chi connectivity index (χ0n) is 30.1. The first-order valence-electron chi connectivity index (χ1n) is 18.5. The number of hydrogen-bond acceptors (Lipinski definition) is 10. The van der Waals surface area contributed by atoms with Crippen molar-refractivity contribution in [2.24, 2.45) is 50.7 Å². The van der Waals surface area contributed by atoms with Crippen molar-refractivity contribution >= 4 is 5.97 Å². The number of esters is 1. The molecule has 6 aliphatic rings. The number of allylic oxidation sites excluding steroid dienone is 1. The van der Waals surface area contributed by atoms with Crippen LogP contribution in [0, 0.1) is 50.7 Å². The number of carbonyl (C=O) groups is 1. The Balaban J connectivity index is 1.21. The van der Waals surface area contributed by atoms with Gasteiger partial charge >= 0.3 is 5.97 Å². The molecule has 1 aliphatic heterocycles. The molecule has 0 bridgehead atoms. The minimum absolute atomic E-state index is 0.0239. The van der Waals surface area contributed by atoms with Gasteiger partial charge in [-0.25, -0.2) is 0 Å². The highest BCUT2D eigenvalue weighted by molar-refractivity contribution is 5.65. The molecule has 0 aromatic heterocycles. The highest BCUT2D eigenvalue weighted by atomic mass is 16.7. The van der Waals surface area contributed by atoms with E-state index in [-0.39, 0.29) is 58.9 Å². The Morgan fingerprint density at radius 3 is 2.31 bits per heavy atom. The summed E-state index contributed by atoms with van der Waals surface area (Å²) in [7, 11) is 0. The summed E-state index contributed by atoms with van der Waals surface area (Å²) in [5.74, 6) is 0.280. The first-order chi connectivity index (χ1) is 22.4. The van der Waals surface area contributed by atoms with Crippen LogP contribution in [-0.4, -0.2) is 98.8 Å². The molecule has 6 fully saturated rings. The Morgan fingerprint density at radius 2 is 1.65 bits per heavy atom. The van der Waals surface area contributed by atoms with Gasteiger partial charge in [0.2, 0.25) is 0 Å². The summed E-state index contributed by atoms with van der Waals surface area (Å²) in [5.41, 5.74) is 0.468. The van der Waals surface area contributed by atoms with E-state index in [1.165, 1.54) is 6.92 Å². The predicted molar refractivity (Wildman–Crippen MR) is 177 cm³/mol. The van der Waals surface area contributed by atoms with Gasteiger partial charge in [0, 0.05) is 6.92 Å². The largest absolute Gasteiger partial charge is 0.463 e. The Morgan fingerprint density at radius 1 is 0.938 bits per heavy atom. The summed E-state index contributed by atoms with van der Waals surface area (Å²) in [4.78, 5) is 11.4. The van der Waals surface area contributed by atoms with Gasteiger partial charge in [-0.05, 0) is 115 Å². The van der Waals surface area contributed by atoms with Crippen LogP contribution in [0.4, 0.5) is 0 Å². The van der Waals surface area contributed by atoms with Crippen molar-refractivity contribution in [2.45, 2.75) is 155 Å². The van der Waals surface area contributed by atoms with E-state index in [1.54, 1.807) is 0 Å². The molecule has 1 saturated heterocycles. The fourth-order valence-corrected chi connectivity index (χ4v) is 13.1. The molecule has 5 aliphatic carbocycles. The van der Waals surface area contributed by atoms with E-state index in [4.69, 9.17) is 14.2 Å². The van der Waals surface area contributed by atoms with Crippen molar-refractivity contribution in [2.75, 3.05) is 13.2 Å². The third kappa shape index (κ3) is 5.29. The van der Waals surface area contributed by atoms with Crippen LogP contribution in [0.2, 0.25) is 0 Å². The van der Waals surface area contributed by atoms with E-state index in [1.807, 2.05) is 6.92 Å². The molecule has 0 amide bonds. The average molecular weight is 679 g/mol. The summed E-state index contributed by atoms with van der Waals surface area (Å²) in [6.45, 7) is 14.4. The van der Waals surface area contributed by atoms with Gasteiger partial charge in [-0.3, -0.25) is 4.79 Å². The molecular weight excluding hydrogens is 616 g/mol. The highest BCUT2D eigenvalue weighted by Gasteiger charge is 2.84. The number of fused-ring (bicyclic) bond motifs is 2. The number of hydrogen-bond donors (Lipinski definition) is 6.